The van der Waals surface area contributed by atoms with Gasteiger partial charge in [0.15, 0.2) is 12.7 Å². The second-order valence-electron chi connectivity index (χ2n) is 4.47. The third-order valence-corrected chi connectivity index (χ3v) is 2.66. The van der Waals surface area contributed by atoms with E-state index in [9.17, 15) is 27.5 Å². The molecule has 1 atom stereocenters. The Balaban J connectivity index is 2.55. The fourth-order valence-corrected chi connectivity index (χ4v) is 1.51. The van der Waals surface area contributed by atoms with Crippen molar-refractivity contribution in [3.63, 3.8) is 0 Å². The van der Waals surface area contributed by atoms with Crippen LogP contribution in [0.4, 0.5) is 17.6 Å². The summed E-state index contributed by atoms with van der Waals surface area (Å²) < 4.78 is 58.5. The van der Waals surface area contributed by atoms with E-state index in [1.54, 1.807) is 6.92 Å². The fraction of sp³-hybridized carbons (Fsp3) is 0.500. The molecule has 0 aromatic heterocycles. The largest absolute Gasteiger partial charge is 0.487 e. The van der Waals surface area contributed by atoms with Crippen LogP contribution < -0.4 is 4.74 Å². The van der Waals surface area contributed by atoms with Crippen LogP contribution in [0.25, 0.3) is 0 Å². The van der Waals surface area contributed by atoms with Crippen molar-refractivity contribution in [1.82, 2.24) is 0 Å². The summed E-state index contributed by atoms with van der Waals surface area (Å²) in [5, 5.41) is 9.55. The van der Waals surface area contributed by atoms with Crippen LogP contribution in [0.15, 0.2) is 24.3 Å². The van der Waals surface area contributed by atoms with Crippen LogP contribution in [-0.2, 0) is 16.0 Å². The molecule has 124 valence electrons. The van der Waals surface area contributed by atoms with Crippen molar-refractivity contribution in [2.45, 2.75) is 31.8 Å². The van der Waals surface area contributed by atoms with Gasteiger partial charge in [0.2, 0.25) is 0 Å². The van der Waals surface area contributed by atoms with E-state index in [1.807, 2.05) is 0 Å². The number of hydrogen-bond acceptors (Lipinski definition) is 4. The Morgan fingerprint density at radius 3 is 2.36 bits per heavy atom. The lowest BCUT2D eigenvalue weighted by Crippen LogP contribution is -2.33. The Morgan fingerprint density at radius 1 is 1.27 bits per heavy atom. The Hall–Kier alpha value is -1.83. The van der Waals surface area contributed by atoms with Crippen molar-refractivity contribution >= 4 is 5.97 Å². The van der Waals surface area contributed by atoms with Crippen LogP contribution in [0.1, 0.15) is 12.5 Å². The molecular weight excluding hydrogens is 308 g/mol. The zero-order valence-electron chi connectivity index (χ0n) is 11.8. The fourth-order valence-electron chi connectivity index (χ4n) is 1.51. The van der Waals surface area contributed by atoms with E-state index in [-0.39, 0.29) is 18.8 Å². The number of halogens is 4. The number of benzene rings is 1. The molecule has 0 saturated carbocycles. The molecule has 0 bridgehead atoms. The first-order valence-electron chi connectivity index (χ1n) is 6.48. The maximum absolute atomic E-state index is 12.7. The van der Waals surface area contributed by atoms with Gasteiger partial charge in [-0.1, -0.05) is 12.1 Å². The molecule has 1 rings (SSSR count). The van der Waals surface area contributed by atoms with E-state index in [2.05, 4.69) is 9.47 Å². The average molecular weight is 324 g/mol. The van der Waals surface area contributed by atoms with Crippen LogP contribution in [-0.4, -0.2) is 42.7 Å². The monoisotopic (exact) mass is 324 g/mol. The van der Waals surface area contributed by atoms with E-state index in [0.29, 0.717) is 5.56 Å². The Labute approximate surface area is 124 Å². The third-order valence-electron chi connectivity index (χ3n) is 2.66. The minimum absolute atomic E-state index is 0.0188. The first-order chi connectivity index (χ1) is 10.3. The number of aliphatic hydroxyl groups is 1. The zero-order chi connectivity index (χ0) is 16.8. The van der Waals surface area contributed by atoms with E-state index in [4.69, 9.17) is 0 Å². The molecule has 0 aliphatic rings. The number of carbonyl (C=O) groups excluding carboxylic acids is 1. The summed E-state index contributed by atoms with van der Waals surface area (Å²) in [6.45, 7) is 0.308. The number of hydrogen-bond donors (Lipinski definition) is 1. The lowest BCUT2D eigenvalue weighted by Gasteiger charge is -2.16. The number of esters is 1. The molecule has 0 saturated heterocycles. The van der Waals surface area contributed by atoms with Gasteiger partial charge in [-0.2, -0.15) is 8.78 Å². The molecule has 1 aromatic carbocycles. The molecule has 4 nitrogen and oxygen atoms in total. The summed E-state index contributed by atoms with van der Waals surface area (Å²) in [4.78, 5) is 11.2. The standard InChI is InChI=1S/C14H16F4O4/c1-2-21-12(20)11(19)7-9-3-5-10(6-4-9)22-8-14(17,18)13(15)16/h3-6,11,13,19H,2,7-8H2,1H3. The van der Waals surface area contributed by atoms with Crippen LogP contribution in [0, 0.1) is 0 Å². The molecule has 0 aliphatic heterocycles. The molecule has 0 aliphatic carbocycles. The van der Waals surface area contributed by atoms with Gasteiger partial charge in [-0.05, 0) is 24.6 Å². The van der Waals surface area contributed by atoms with Gasteiger partial charge < -0.3 is 14.6 Å². The molecule has 0 amide bonds. The lowest BCUT2D eigenvalue weighted by molar-refractivity contribution is -0.152. The van der Waals surface area contributed by atoms with Crippen molar-refractivity contribution < 1.29 is 36.9 Å². The number of alkyl halides is 4. The maximum atomic E-state index is 12.7. The molecule has 0 radical (unpaired) electrons. The third kappa shape index (κ3) is 5.51. The molecule has 22 heavy (non-hydrogen) atoms. The molecular formula is C14H16F4O4. The van der Waals surface area contributed by atoms with Crippen molar-refractivity contribution in [2.24, 2.45) is 0 Å². The highest BCUT2D eigenvalue weighted by atomic mass is 19.3. The first kappa shape index (κ1) is 18.2. The van der Waals surface area contributed by atoms with Crippen LogP contribution in [0.5, 0.6) is 5.75 Å². The van der Waals surface area contributed by atoms with Crippen molar-refractivity contribution in [1.29, 1.82) is 0 Å². The van der Waals surface area contributed by atoms with Gasteiger partial charge in [-0.3, -0.25) is 0 Å². The number of aliphatic hydroxyl groups excluding tert-OH is 1. The quantitative estimate of drug-likeness (QED) is 0.589. The highest BCUT2D eigenvalue weighted by Crippen LogP contribution is 2.24. The van der Waals surface area contributed by atoms with Gasteiger partial charge in [0, 0.05) is 6.42 Å². The second kappa shape index (κ2) is 7.98. The van der Waals surface area contributed by atoms with E-state index < -0.39 is 31.0 Å². The van der Waals surface area contributed by atoms with Gasteiger partial charge in [0.25, 0.3) is 0 Å². The predicted octanol–water partition coefficient (Wildman–Crippen LogP) is 2.43. The summed E-state index contributed by atoms with van der Waals surface area (Å²) in [6, 6.07) is 5.43. The summed E-state index contributed by atoms with van der Waals surface area (Å²) in [7, 11) is 0. The maximum Gasteiger partial charge on any atom is 0.340 e. The molecule has 1 N–H and O–H groups in total. The lowest BCUT2D eigenvalue weighted by atomic mass is 10.1. The summed E-state index contributed by atoms with van der Waals surface area (Å²) in [6.07, 6.45) is -5.16. The van der Waals surface area contributed by atoms with Gasteiger partial charge in [-0.25, -0.2) is 13.6 Å². The van der Waals surface area contributed by atoms with Crippen LogP contribution in [0.2, 0.25) is 0 Å². The van der Waals surface area contributed by atoms with E-state index in [0.717, 1.165) is 0 Å². The van der Waals surface area contributed by atoms with Gasteiger partial charge >= 0.3 is 18.3 Å². The van der Waals surface area contributed by atoms with Gasteiger partial charge in [-0.15, -0.1) is 0 Å². The second-order valence-corrected chi connectivity index (χ2v) is 4.47. The topological polar surface area (TPSA) is 55.8 Å². The van der Waals surface area contributed by atoms with Gasteiger partial charge in [0.05, 0.1) is 6.61 Å². The molecule has 1 unspecified atom stereocenters. The Bertz CT molecular complexity index is 476. The minimum atomic E-state index is -4.22. The smallest absolute Gasteiger partial charge is 0.340 e. The average Bonchev–Trinajstić information content (AvgIpc) is 2.46. The summed E-state index contributed by atoms with van der Waals surface area (Å²) in [5.74, 6) is -5.01. The normalized spacial score (nSPS) is 13.0. The van der Waals surface area contributed by atoms with Crippen molar-refractivity contribution in [3.05, 3.63) is 29.8 Å². The Kier molecular flexibility index (Phi) is 6.61. The Morgan fingerprint density at radius 2 is 1.86 bits per heavy atom. The van der Waals surface area contributed by atoms with Gasteiger partial charge in [0.1, 0.15) is 5.75 Å². The summed E-state index contributed by atoms with van der Waals surface area (Å²) in [5.41, 5.74) is 0.536. The van der Waals surface area contributed by atoms with E-state index in [1.165, 1.54) is 24.3 Å². The number of ether oxygens (including phenoxy) is 2. The molecule has 1 aromatic rings. The first-order valence-corrected chi connectivity index (χ1v) is 6.48. The zero-order valence-corrected chi connectivity index (χ0v) is 11.8. The number of carbonyl (C=O) groups is 1. The molecule has 0 heterocycles. The highest BCUT2D eigenvalue weighted by molar-refractivity contribution is 5.74. The molecule has 0 fully saturated rings. The number of rotatable bonds is 8. The SMILES string of the molecule is CCOC(=O)C(O)Cc1ccc(OCC(F)(F)C(F)F)cc1. The summed E-state index contributed by atoms with van der Waals surface area (Å²) >= 11 is 0. The highest BCUT2D eigenvalue weighted by Gasteiger charge is 2.41. The van der Waals surface area contributed by atoms with Crippen LogP contribution >= 0.6 is 0 Å². The van der Waals surface area contributed by atoms with Crippen molar-refractivity contribution in [3.8, 4) is 5.75 Å². The minimum Gasteiger partial charge on any atom is -0.487 e. The van der Waals surface area contributed by atoms with Crippen molar-refractivity contribution in [2.75, 3.05) is 13.2 Å². The van der Waals surface area contributed by atoms with Crippen LogP contribution in [0.3, 0.4) is 0 Å². The predicted molar refractivity (Wildman–Crippen MR) is 69.2 cm³/mol. The molecule has 0 spiro atoms. The van der Waals surface area contributed by atoms with E-state index >= 15 is 0 Å². The molecule has 8 heteroatoms.